The standard InChI is InChI=1S/C20H18BrN3O2/c1-12-23-24(11-26-12)15-5-2-13(3-6-15)20-19-16(8-9-25-20)17-10-14(21)4-7-18(17)22-19/h2-7,10,20,22H,8-9,11H2,1H3. The highest BCUT2D eigenvalue weighted by atomic mass is 79.9. The maximum Gasteiger partial charge on any atom is 0.205 e. The molecule has 1 N–H and O–H groups in total. The van der Waals surface area contributed by atoms with Crippen molar-refractivity contribution < 1.29 is 9.47 Å². The fraction of sp³-hybridized carbons (Fsp3) is 0.250. The molecule has 6 heteroatoms. The summed E-state index contributed by atoms with van der Waals surface area (Å²) >= 11 is 3.58. The highest BCUT2D eigenvalue weighted by Gasteiger charge is 2.26. The minimum Gasteiger partial charge on any atom is -0.457 e. The average Bonchev–Trinajstić information content (AvgIpc) is 3.25. The third-order valence-electron chi connectivity index (χ3n) is 4.95. The number of hydrogen-bond acceptors (Lipinski definition) is 4. The SMILES string of the molecule is CC1=NN(c2ccc(C3OCCc4c3[nH]c3ccc(Br)cc43)cc2)CO1. The number of hydrazone groups is 1. The maximum absolute atomic E-state index is 6.12. The molecule has 5 nitrogen and oxygen atoms in total. The number of nitrogens with zero attached hydrogens (tertiary/aromatic N) is 2. The number of H-pyrrole nitrogens is 1. The first-order valence-electron chi connectivity index (χ1n) is 8.66. The molecule has 5 rings (SSSR count). The largest absolute Gasteiger partial charge is 0.457 e. The van der Waals surface area contributed by atoms with E-state index < -0.39 is 0 Å². The van der Waals surface area contributed by atoms with Gasteiger partial charge >= 0.3 is 0 Å². The van der Waals surface area contributed by atoms with Crippen molar-refractivity contribution >= 4 is 38.4 Å². The number of rotatable bonds is 2. The van der Waals surface area contributed by atoms with Crippen molar-refractivity contribution in [1.29, 1.82) is 0 Å². The van der Waals surface area contributed by atoms with Crippen molar-refractivity contribution in [3.63, 3.8) is 0 Å². The van der Waals surface area contributed by atoms with Gasteiger partial charge in [-0.25, -0.2) is 5.01 Å². The van der Waals surface area contributed by atoms with E-state index in [9.17, 15) is 0 Å². The van der Waals surface area contributed by atoms with Gasteiger partial charge in [0.25, 0.3) is 0 Å². The first-order chi connectivity index (χ1) is 12.7. The van der Waals surface area contributed by atoms with Gasteiger partial charge in [0.2, 0.25) is 5.90 Å². The summed E-state index contributed by atoms with van der Waals surface area (Å²) in [6, 6.07) is 14.7. The number of hydrogen-bond donors (Lipinski definition) is 1. The number of anilines is 1. The van der Waals surface area contributed by atoms with Crippen LogP contribution in [0.3, 0.4) is 0 Å². The lowest BCUT2D eigenvalue weighted by Crippen LogP contribution is -2.17. The van der Waals surface area contributed by atoms with Crippen molar-refractivity contribution in [3.8, 4) is 0 Å². The monoisotopic (exact) mass is 411 g/mol. The molecule has 1 unspecified atom stereocenters. The fourth-order valence-electron chi connectivity index (χ4n) is 3.69. The number of aromatic amines is 1. The zero-order valence-corrected chi connectivity index (χ0v) is 15.9. The van der Waals surface area contributed by atoms with E-state index in [0.29, 0.717) is 12.6 Å². The molecule has 0 fully saturated rings. The van der Waals surface area contributed by atoms with Crippen LogP contribution in [0.1, 0.15) is 29.8 Å². The Labute approximate surface area is 159 Å². The topological polar surface area (TPSA) is 49.8 Å². The van der Waals surface area contributed by atoms with Crippen molar-refractivity contribution in [2.24, 2.45) is 5.10 Å². The second kappa shape index (κ2) is 6.14. The molecule has 0 saturated heterocycles. The van der Waals surface area contributed by atoms with Crippen LogP contribution in [0.4, 0.5) is 5.69 Å². The van der Waals surface area contributed by atoms with Gasteiger partial charge in [0, 0.05) is 22.3 Å². The molecule has 0 saturated carbocycles. The normalized spacial score (nSPS) is 19.4. The lowest BCUT2D eigenvalue weighted by atomic mass is 9.97. The number of halogens is 1. The highest BCUT2D eigenvalue weighted by molar-refractivity contribution is 9.10. The van der Waals surface area contributed by atoms with Crippen LogP contribution in [0.2, 0.25) is 0 Å². The number of fused-ring (bicyclic) bond motifs is 3. The summed E-state index contributed by atoms with van der Waals surface area (Å²) in [4.78, 5) is 3.57. The number of ether oxygens (including phenoxy) is 2. The molecular formula is C20H18BrN3O2. The lowest BCUT2D eigenvalue weighted by molar-refractivity contribution is 0.0677. The Morgan fingerprint density at radius 3 is 2.81 bits per heavy atom. The van der Waals surface area contributed by atoms with E-state index in [4.69, 9.17) is 9.47 Å². The Morgan fingerprint density at radius 2 is 2.04 bits per heavy atom. The molecule has 3 heterocycles. The molecule has 2 aliphatic heterocycles. The quantitative estimate of drug-likeness (QED) is 0.663. The molecule has 0 radical (unpaired) electrons. The van der Waals surface area contributed by atoms with Crippen LogP contribution in [0.5, 0.6) is 0 Å². The maximum atomic E-state index is 6.12. The van der Waals surface area contributed by atoms with Crippen LogP contribution < -0.4 is 5.01 Å². The van der Waals surface area contributed by atoms with Gasteiger partial charge in [-0.15, -0.1) is 5.10 Å². The summed E-state index contributed by atoms with van der Waals surface area (Å²) in [7, 11) is 0. The Bertz CT molecular complexity index is 1010. The van der Waals surface area contributed by atoms with E-state index in [1.807, 2.05) is 11.9 Å². The molecule has 0 amide bonds. The molecule has 2 aromatic carbocycles. The molecule has 2 aliphatic rings. The van der Waals surface area contributed by atoms with Crippen molar-refractivity contribution in [2.45, 2.75) is 19.4 Å². The van der Waals surface area contributed by atoms with Crippen LogP contribution in [0, 0.1) is 0 Å². The average molecular weight is 412 g/mol. The van der Waals surface area contributed by atoms with Gasteiger partial charge in [0.15, 0.2) is 6.73 Å². The molecule has 0 aliphatic carbocycles. The minimum absolute atomic E-state index is 0.0703. The molecule has 26 heavy (non-hydrogen) atoms. The zero-order valence-electron chi connectivity index (χ0n) is 14.3. The minimum atomic E-state index is -0.0703. The number of aromatic nitrogens is 1. The number of benzene rings is 2. The van der Waals surface area contributed by atoms with Crippen LogP contribution in [0.15, 0.2) is 52.0 Å². The predicted octanol–water partition coefficient (Wildman–Crippen LogP) is 4.72. The van der Waals surface area contributed by atoms with E-state index in [0.717, 1.165) is 40.0 Å². The zero-order chi connectivity index (χ0) is 17.7. The first-order valence-corrected chi connectivity index (χ1v) is 9.45. The van der Waals surface area contributed by atoms with Crippen molar-refractivity contribution in [1.82, 2.24) is 4.98 Å². The van der Waals surface area contributed by atoms with Gasteiger partial charge in [-0.05, 0) is 47.9 Å². The van der Waals surface area contributed by atoms with E-state index in [2.05, 4.69) is 68.5 Å². The summed E-state index contributed by atoms with van der Waals surface area (Å²) in [5, 5.41) is 7.49. The molecular weight excluding hydrogens is 394 g/mol. The summed E-state index contributed by atoms with van der Waals surface area (Å²) in [6.07, 6.45) is 0.860. The first kappa shape index (κ1) is 15.9. The second-order valence-electron chi connectivity index (χ2n) is 6.59. The number of nitrogens with one attached hydrogen (secondary N) is 1. The van der Waals surface area contributed by atoms with Crippen LogP contribution in [0.25, 0.3) is 10.9 Å². The van der Waals surface area contributed by atoms with E-state index in [-0.39, 0.29) is 6.10 Å². The molecule has 1 aromatic heterocycles. The molecule has 0 bridgehead atoms. The van der Waals surface area contributed by atoms with Crippen LogP contribution in [-0.2, 0) is 15.9 Å². The van der Waals surface area contributed by atoms with Gasteiger partial charge in [0.05, 0.1) is 18.0 Å². The van der Waals surface area contributed by atoms with Gasteiger partial charge in [-0.1, -0.05) is 28.1 Å². The van der Waals surface area contributed by atoms with Gasteiger partial charge in [0.1, 0.15) is 6.10 Å². The summed E-state index contributed by atoms with van der Waals surface area (Å²) in [6.45, 7) is 3.05. The second-order valence-corrected chi connectivity index (χ2v) is 7.51. The van der Waals surface area contributed by atoms with Gasteiger partial charge in [-0.2, -0.15) is 0 Å². The summed E-state index contributed by atoms with van der Waals surface area (Å²) < 4.78 is 12.6. The fourth-order valence-corrected chi connectivity index (χ4v) is 4.06. The van der Waals surface area contributed by atoms with E-state index in [1.165, 1.54) is 10.9 Å². The molecule has 0 spiro atoms. The smallest absolute Gasteiger partial charge is 0.205 e. The lowest BCUT2D eigenvalue weighted by Gasteiger charge is -2.24. The van der Waals surface area contributed by atoms with Crippen molar-refractivity contribution in [2.75, 3.05) is 18.3 Å². The Morgan fingerprint density at radius 1 is 1.19 bits per heavy atom. The Hall–Kier alpha value is -2.31. The molecule has 3 aromatic rings. The van der Waals surface area contributed by atoms with E-state index >= 15 is 0 Å². The van der Waals surface area contributed by atoms with Gasteiger partial charge in [-0.3, -0.25) is 0 Å². The molecule has 1 atom stereocenters. The predicted molar refractivity (Wildman–Crippen MR) is 105 cm³/mol. The van der Waals surface area contributed by atoms with E-state index in [1.54, 1.807) is 0 Å². The third-order valence-corrected chi connectivity index (χ3v) is 5.44. The van der Waals surface area contributed by atoms with Crippen LogP contribution >= 0.6 is 15.9 Å². The summed E-state index contributed by atoms with van der Waals surface area (Å²) in [5.74, 6) is 0.693. The summed E-state index contributed by atoms with van der Waals surface area (Å²) in [5.41, 5.74) is 5.83. The van der Waals surface area contributed by atoms with Crippen molar-refractivity contribution in [3.05, 3.63) is 63.8 Å². The third kappa shape index (κ3) is 2.61. The van der Waals surface area contributed by atoms with Crippen LogP contribution in [-0.4, -0.2) is 24.2 Å². The van der Waals surface area contributed by atoms with Gasteiger partial charge < -0.3 is 14.5 Å². The highest BCUT2D eigenvalue weighted by Crippen LogP contribution is 2.37. The Balaban J connectivity index is 1.51. The Kier molecular flexibility index (Phi) is 3.76. The molecule has 132 valence electrons.